The Hall–Kier alpha value is -1.80. The first-order valence-corrected chi connectivity index (χ1v) is 10.9. The third-order valence-electron chi connectivity index (χ3n) is 6.14. The predicted octanol–water partition coefficient (Wildman–Crippen LogP) is 1.18. The van der Waals surface area contributed by atoms with Gasteiger partial charge >= 0.3 is 0 Å². The van der Waals surface area contributed by atoms with Crippen LogP contribution in [0.1, 0.15) is 66.2 Å². The Morgan fingerprint density at radius 3 is 1.80 bits per heavy atom. The number of hydrogen-bond acceptors (Lipinski definition) is 6. The predicted molar refractivity (Wildman–Crippen MR) is 116 cm³/mol. The minimum absolute atomic E-state index is 0.00972. The summed E-state index contributed by atoms with van der Waals surface area (Å²) in [5, 5.41) is 13.6. The third kappa shape index (κ3) is 9.34. The second kappa shape index (κ2) is 14.2. The first-order valence-electron chi connectivity index (χ1n) is 10.9. The van der Waals surface area contributed by atoms with Crippen molar-refractivity contribution in [3.8, 4) is 0 Å². The third-order valence-corrected chi connectivity index (χ3v) is 6.14. The molecule has 0 bridgehead atoms. The van der Waals surface area contributed by atoms with E-state index >= 15 is 0 Å². The highest BCUT2D eigenvalue weighted by Gasteiger charge is 2.38. The summed E-state index contributed by atoms with van der Waals surface area (Å²) in [6.45, 7) is 6.99. The molecule has 0 spiro atoms. The number of carbonyl (C=O) groups is 4. The number of nitrogens with one attached hydrogen (secondary N) is 1. The molecule has 0 fully saturated rings. The number of ketones is 2. The Bertz CT molecular complexity index is 581. The highest BCUT2D eigenvalue weighted by atomic mass is 16.3. The van der Waals surface area contributed by atoms with E-state index in [2.05, 4.69) is 5.32 Å². The van der Waals surface area contributed by atoms with E-state index in [-0.39, 0.29) is 49.2 Å². The molecule has 6 atom stereocenters. The summed E-state index contributed by atoms with van der Waals surface area (Å²) < 4.78 is 0. The molecule has 0 aliphatic heterocycles. The first-order chi connectivity index (χ1) is 14.0. The maximum absolute atomic E-state index is 12.3. The van der Waals surface area contributed by atoms with Crippen molar-refractivity contribution in [3.63, 3.8) is 0 Å². The molecule has 0 aromatic heterocycles. The van der Waals surface area contributed by atoms with Crippen molar-refractivity contribution in [1.82, 2.24) is 5.32 Å². The van der Waals surface area contributed by atoms with E-state index in [4.69, 9.17) is 11.5 Å². The summed E-state index contributed by atoms with van der Waals surface area (Å²) in [6, 6.07) is 0. The molecule has 174 valence electrons. The second-order valence-corrected chi connectivity index (χ2v) is 8.42. The zero-order chi connectivity index (χ0) is 23.4. The molecule has 0 saturated heterocycles. The van der Waals surface area contributed by atoms with Gasteiger partial charge in [-0.25, -0.2) is 0 Å². The Labute approximate surface area is 180 Å². The molecule has 8 heteroatoms. The van der Waals surface area contributed by atoms with Gasteiger partial charge in [-0.15, -0.1) is 0 Å². The number of Topliss-reactive ketones (excluding diaryl/α,β-unsaturated/α-hetero) is 2. The van der Waals surface area contributed by atoms with Crippen LogP contribution >= 0.6 is 0 Å². The molecule has 0 rings (SSSR count). The largest absolute Gasteiger partial charge is 0.391 e. The molecule has 6 N–H and O–H groups in total. The Morgan fingerprint density at radius 2 is 1.43 bits per heavy atom. The van der Waals surface area contributed by atoms with Gasteiger partial charge in [0.2, 0.25) is 11.8 Å². The zero-order valence-electron chi connectivity index (χ0n) is 19.1. The van der Waals surface area contributed by atoms with Crippen molar-refractivity contribution in [3.05, 3.63) is 0 Å². The number of aliphatic hydroxyl groups is 1. The molecule has 0 heterocycles. The number of hydrogen-bond donors (Lipinski definition) is 4. The number of likely N-dealkylation sites (N-methyl/N-ethyl adjacent to an activating group) is 1. The van der Waals surface area contributed by atoms with Crippen molar-refractivity contribution in [2.24, 2.45) is 41.1 Å². The first kappa shape index (κ1) is 28.2. The molecular formula is C22H41N3O5. The fourth-order valence-electron chi connectivity index (χ4n) is 4.21. The van der Waals surface area contributed by atoms with Gasteiger partial charge < -0.3 is 21.9 Å². The zero-order valence-corrected chi connectivity index (χ0v) is 19.1. The highest BCUT2D eigenvalue weighted by molar-refractivity contribution is 5.82. The topological polar surface area (TPSA) is 153 Å². The van der Waals surface area contributed by atoms with Crippen LogP contribution in [-0.4, -0.2) is 48.2 Å². The lowest BCUT2D eigenvalue weighted by atomic mass is 9.73. The number of aliphatic hydroxyl groups excluding tert-OH is 1. The number of nitrogens with two attached hydrogens (primary N) is 2. The van der Waals surface area contributed by atoms with Gasteiger partial charge in [-0.2, -0.15) is 0 Å². The monoisotopic (exact) mass is 427 g/mol. The van der Waals surface area contributed by atoms with Gasteiger partial charge in [-0.1, -0.05) is 20.3 Å². The molecule has 6 unspecified atom stereocenters. The van der Waals surface area contributed by atoms with E-state index in [0.29, 0.717) is 12.8 Å². The molecular weight excluding hydrogens is 386 g/mol. The molecule has 2 amide bonds. The van der Waals surface area contributed by atoms with Gasteiger partial charge in [0.1, 0.15) is 11.6 Å². The summed E-state index contributed by atoms with van der Waals surface area (Å²) in [4.78, 5) is 48.4. The van der Waals surface area contributed by atoms with E-state index in [0.717, 1.165) is 6.42 Å². The van der Waals surface area contributed by atoms with Gasteiger partial charge in [0.05, 0.1) is 6.10 Å². The SMILES string of the molecule is CCCC(CC(CC(C(O)CNC)C(CC(CC)C(C)=O)C(N)=O)C(N)=O)C(C)=O. The average molecular weight is 428 g/mol. The normalized spacial score (nSPS) is 17.4. The quantitative estimate of drug-likeness (QED) is 0.273. The Morgan fingerprint density at radius 1 is 0.867 bits per heavy atom. The van der Waals surface area contributed by atoms with Crippen LogP contribution in [0.25, 0.3) is 0 Å². The lowest BCUT2D eigenvalue weighted by molar-refractivity contribution is -0.131. The van der Waals surface area contributed by atoms with Crippen LogP contribution < -0.4 is 16.8 Å². The van der Waals surface area contributed by atoms with Crippen molar-refractivity contribution < 1.29 is 24.3 Å². The fourth-order valence-corrected chi connectivity index (χ4v) is 4.21. The highest BCUT2D eigenvalue weighted by Crippen LogP contribution is 2.33. The van der Waals surface area contributed by atoms with Crippen LogP contribution in [0.4, 0.5) is 0 Å². The Balaban J connectivity index is 5.87. The molecule has 30 heavy (non-hydrogen) atoms. The van der Waals surface area contributed by atoms with E-state index in [1.54, 1.807) is 7.05 Å². The second-order valence-electron chi connectivity index (χ2n) is 8.42. The number of primary amides is 2. The summed E-state index contributed by atoms with van der Waals surface area (Å²) in [7, 11) is 1.67. The van der Waals surface area contributed by atoms with Gasteiger partial charge in [0, 0.05) is 30.2 Å². The molecule has 0 aromatic carbocycles. The smallest absolute Gasteiger partial charge is 0.220 e. The van der Waals surface area contributed by atoms with Crippen LogP contribution in [0.5, 0.6) is 0 Å². The summed E-state index contributed by atoms with van der Waals surface area (Å²) in [5.74, 6) is -4.02. The summed E-state index contributed by atoms with van der Waals surface area (Å²) >= 11 is 0. The van der Waals surface area contributed by atoms with Gasteiger partial charge in [-0.05, 0) is 58.9 Å². The summed E-state index contributed by atoms with van der Waals surface area (Å²) in [5.41, 5.74) is 11.3. The van der Waals surface area contributed by atoms with E-state index in [1.807, 2.05) is 13.8 Å². The molecule has 0 aliphatic carbocycles. The van der Waals surface area contributed by atoms with E-state index in [9.17, 15) is 24.3 Å². The van der Waals surface area contributed by atoms with Crippen LogP contribution in [0.2, 0.25) is 0 Å². The molecule has 0 saturated carbocycles. The minimum atomic E-state index is -0.958. The minimum Gasteiger partial charge on any atom is -0.391 e. The lowest BCUT2D eigenvalue weighted by Crippen LogP contribution is -2.44. The summed E-state index contributed by atoms with van der Waals surface area (Å²) in [6.07, 6.45) is 1.65. The van der Waals surface area contributed by atoms with Crippen LogP contribution in [0.3, 0.4) is 0 Å². The van der Waals surface area contributed by atoms with Crippen LogP contribution in [0.15, 0.2) is 0 Å². The van der Waals surface area contributed by atoms with Crippen LogP contribution in [0, 0.1) is 29.6 Å². The lowest BCUT2D eigenvalue weighted by Gasteiger charge is -2.33. The van der Waals surface area contributed by atoms with E-state index in [1.165, 1.54) is 13.8 Å². The van der Waals surface area contributed by atoms with Crippen LogP contribution in [-0.2, 0) is 19.2 Å². The average Bonchev–Trinajstić information content (AvgIpc) is 2.64. The number of rotatable bonds is 17. The van der Waals surface area contributed by atoms with E-state index < -0.39 is 35.7 Å². The maximum Gasteiger partial charge on any atom is 0.220 e. The fraction of sp³-hybridized carbons (Fsp3) is 0.818. The van der Waals surface area contributed by atoms with Crippen molar-refractivity contribution in [2.45, 2.75) is 72.3 Å². The standard InChI is InChI=1S/C22H41N3O5/c1-6-8-16(14(4)27)9-17(21(23)29)11-18(20(28)12-25-5)19(22(24)30)10-15(7-2)13(3)26/h15-20,25,28H,6-12H2,1-5H3,(H2,23,29)(H2,24,30). The van der Waals surface area contributed by atoms with Gasteiger partial charge in [0.15, 0.2) is 0 Å². The van der Waals surface area contributed by atoms with Crippen molar-refractivity contribution in [1.29, 1.82) is 0 Å². The van der Waals surface area contributed by atoms with Crippen molar-refractivity contribution in [2.75, 3.05) is 13.6 Å². The molecule has 0 aromatic rings. The maximum atomic E-state index is 12.3. The number of amides is 2. The molecule has 0 aliphatic rings. The number of carbonyl (C=O) groups excluding carboxylic acids is 4. The molecule has 0 radical (unpaired) electrons. The van der Waals surface area contributed by atoms with Gasteiger partial charge in [0.25, 0.3) is 0 Å². The van der Waals surface area contributed by atoms with Crippen molar-refractivity contribution >= 4 is 23.4 Å². The Kier molecular flexibility index (Phi) is 13.4. The molecule has 8 nitrogen and oxygen atoms in total. The van der Waals surface area contributed by atoms with Gasteiger partial charge in [-0.3, -0.25) is 19.2 Å².